The molecule has 2 N–H and O–H groups in total. The molecule has 100 valence electrons. The Morgan fingerprint density at radius 1 is 1.37 bits per heavy atom. The number of carbonyl (C=O) groups is 1. The van der Waals surface area contributed by atoms with Gasteiger partial charge >= 0.3 is 5.97 Å². The maximum Gasteiger partial charge on any atom is 0.339 e. The summed E-state index contributed by atoms with van der Waals surface area (Å²) in [4.78, 5) is 10.9. The van der Waals surface area contributed by atoms with E-state index >= 15 is 0 Å². The molecule has 0 bridgehead atoms. The van der Waals surface area contributed by atoms with Crippen LogP contribution in [0.5, 0.6) is 0 Å². The summed E-state index contributed by atoms with van der Waals surface area (Å²) in [7, 11) is 0. The van der Waals surface area contributed by atoms with Crippen LogP contribution in [-0.4, -0.2) is 11.1 Å². The van der Waals surface area contributed by atoms with E-state index in [0.717, 1.165) is 5.56 Å². The van der Waals surface area contributed by atoms with E-state index in [9.17, 15) is 4.79 Å². The van der Waals surface area contributed by atoms with Gasteiger partial charge in [-0.25, -0.2) is 4.79 Å². The molecule has 5 heteroatoms. The number of aromatic carboxylic acids is 1. The molecular weight excluding hydrogens is 266 g/mol. The van der Waals surface area contributed by atoms with Gasteiger partial charge < -0.3 is 14.8 Å². The highest BCUT2D eigenvalue weighted by molar-refractivity contribution is 6.30. The van der Waals surface area contributed by atoms with Gasteiger partial charge in [0.05, 0.1) is 12.8 Å². The summed E-state index contributed by atoms with van der Waals surface area (Å²) in [5, 5.41) is 12.9. The summed E-state index contributed by atoms with van der Waals surface area (Å²) >= 11 is 5.83. The molecule has 0 saturated heterocycles. The second-order valence-corrected chi connectivity index (χ2v) is 4.65. The molecule has 0 aliphatic carbocycles. The molecule has 4 nitrogen and oxygen atoms in total. The first kappa shape index (κ1) is 13.6. The Balaban J connectivity index is 2.00. The molecule has 0 fully saturated rings. The van der Waals surface area contributed by atoms with Crippen molar-refractivity contribution in [3.05, 3.63) is 58.5 Å². The van der Waals surface area contributed by atoms with Crippen LogP contribution in [0.2, 0.25) is 5.02 Å². The van der Waals surface area contributed by atoms with E-state index in [4.69, 9.17) is 21.1 Å². The monoisotopic (exact) mass is 279 g/mol. The molecule has 1 unspecified atom stereocenters. The van der Waals surface area contributed by atoms with Crippen LogP contribution in [0.3, 0.4) is 0 Å². The molecule has 1 aromatic heterocycles. The number of furan rings is 1. The Kier molecular flexibility index (Phi) is 4.24. The molecule has 0 amide bonds. The second kappa shape index (κ2) is 5.91. The Morgan fingerprint density at radius 3 is 2.68 bits per heavy atom. The number of benzene rings is 1. The van der Waals surface area contributed by atoms with E-state index in [1.807, 2.05) is 31.2 Å². The highest BCUT2D eigenvalue weighted by atomic mass is 35.5. The second-order valence-electron chi connectivity index (χ2n) is 4.22. The minimum Gasteiger partial charge on any atom is -0.478 e. The van der Waals surface area contributed by atoms with Gasteiger partial charge in [-0.05, 0) is 30.7 Å². The lowest BCUT2D eigenvalue weighted by molar-refractivity contribution is 0.0694. The Labute approximate surface area is 116 Å². The van der Waals surface area contributed by atoms with Crippen molar-refractivity contribution in [3.8, 4) is 0 Å². The molecule has 1 heterocycles. The summed E-state index contributed by atoms with van der Waals surface area (Å²) in [5.41, 5.74) is 1.27. The van der Waals surface area contributed by atoms with Gasteiger partial charge in [0.1, 0.15) is 11.3 Å². The third-order valence-corrected chi connectivity index (χ3v) is 3.17. The third-order valence-electron chi connectivity index (χ3n) is 2.91. The summed E-state index contributed by atoms with van der Waals surface area (Å²) in [5.74, 6) is -0.557. The molecule has 2 aromatic rings. The van der Waals surface area contributed by atoms with Gasteiger partial charge in [-0.3, -0.25) is 0 Å². The number of carboxylic acid groups (broad SMARTS) is 1. The molecule has 0 aliphatic rings. The van der Waals surface area contributed by atoms with Gasteiger partial charge in [0.2, 0.25) is 0 Å². The quantitative estimate of drug-likeness (QED) is 0.879. The Morgan fingerprint density at radius 2 is 2.05 bits per heavy atom. The largest absolute Gasteiger partial charge is 0.478 e. The zero-order valence-electron chi connectivity index (χ0n) is 10.4. The lowest BCUT2D eigenvalue weighted by Crippen LogP contribution is -2.19. The average molecular weight is 280 g/mol. The van der Waals surface area contributed by atoms with Gasteiger partial charge in [-0.1, -0.05) is 23.7 Å². The highest BCUT2D eigenvalue weighted by Crippen LogP contribution is 2.17. The number of carboxylic acids is 1. The van der Waals surface area contributed by atoms with Gasteiger partial charge in [0.15, 0.2) is 0 Å². The smallest absolute Gasteiger partial charge is 0.339 e. The van der Waals surface area contributed by atoms with E-state index in [1.54, 1.807) is 0 Å². The summed E-state index contributed by atoms with van der Waals surface area (Å²) in [6.45, 7) is 2.35. The predicted molar refractivity (Wildman–Crippen MR) is 72.4 cm³/mol. The van der Waals surface area contributed by atoms with Crippen LogP contribution in [0.4, 0.5) is 0 Å². The van der Waals surface area contributed by atoms with Crippen molar-refractivity contribution in [2.45, 2.75) is 19.5 Å². The average Bonchev–Trinajstić information content (AvgIpc) is 2.85. The fraction of sp³-hybridized carbons (Fsp3) is 0.214. The number of nitrogens with one attached hydrogen (secondary N) is 1. The van der Waals surface area contributed by atoms with Crippen molar-refractivity contribution in [1.29, 1.82) is 0 Å². The molecule has 19 heavy (non-hydrogen) atoms. The fourth-order valence-electron chi connectivity index (χ4n) is 1.78. The number of hydrogen-bond donors (Lipinski definition) is 2. The van der Waals surface area contributed by atoms with Gasteiger partial charge in [0.25, 0.3) is 0 Å². The summed E-state index contributed by atoms with van der Waals surface area (Å²) in [6.07, 6.45) is 1.38. The van der Waals surface area contributed by atoms with E-state index in [-0.39, 0.29) is 11.6 Å². The van der Waals surface area contributed by atoms with E-state index in [2.05, 4.69) is 5.32 Å². The predicted octanol–water partition coefficient (Wildman–Crippen LogP) is 3.48. The van der Waals surface area contributed by atoms with Crippen molar-refractivity contribution in [2.24, 2.45) is 0 Å². The van der Waals surface area contributed by atoms with Crippen molar-refractivity contribution in [3.63, 3.8) is 0 Å². The first-order valence-corrected chi connectivity index (χ1v) is 6.24. The minimum absolute atomic E-state index is 0.0732. The minimum atomic E-state index is -0.982. The number of rotatable bonds is 5. The SMILES string of the molecule is CC(NCc1occc1C(=O)O)c1ccc(Cl)cc1. The first-order valence-electron chi connectivity index (χ1n) is 5.86. The van der Waals surface area contributed by atoms with Crippen LogP contribution in [0.15, 0.2) is 41.0 Å². The molecule has 0 saturated carbocycles. The maximum atomic E-state index is 10.9. The molecule has 2 rings (SSSR count). The molecular formula is C14H14ClNO3. The van der Waals surface area contributed by atoms with E-state index in [1.165, 1.54) is 12.3 Å². The Hall–Kier alpha value is -1.78. The lowest BCUT2D eigenvalue weighted by Gasteiger charge is -2.13. The molecule has 1 aromatic carbocycles. The zero-order valence-corrected chi connectivity index (χ0v) is 11.1. The molecule has 0 radical (unpaired) electrons. The van der Waals surface area contributed by atoms with Gasteiger partial charge in [-0.15, -0.1) is 0 Å². The Bertz CT molecular complexity index is 562. The summed E-state index contributed by atoms with van der Waals surface area (Å²) in [6, 6.07) is 9.03. The fourth-order valence-corrected chi connectivity index (χ4v) is 1.91. The molecule has 0 aliphatic heterocycles. The van der Waals surface area contributed by atoms with Crippen LogP contribution in [0, 0.1) is 0 Å². The standard InChI is InChI=1S/C14H14ClNO3/c1-9(10-2-4-11(15)5-3-10)16-8-13-12(14(17)18)6-7-19-13/h2-7,9,16H,8H2,1H3,(H,17,18). The van der Waals surface area contributed by atoms with Crippen molar-refractivity contribution in [1.82, 2.24) is 5.32 Å². The molecule has 0 spiro atoms. The van der Waals surface area contributed by atoms with E-state index < -0.39 is 5.97 Å². The topological polar surface area (TPSA) is 62.5 Å². The van der Waals surface area contributed by atoms with Crippen molar-refractivity contribution < 1.29 is 14.3 Å². The van der Waals surface area contributed by atoms with Gasteiger partial charge in [-0.2, -0.15) is 0 Å². The number of halogens is 1. The summed E-state index contributed by atoms with van der Waals surface area (Å²) < 4.78 is 5.17. The van der Waals surface area contributed by atoms with Crippen molar-refractivity contribution in [2.75, 3.05) is 0 Å². The number of hydrogen-bond acceptors (Lipinski definition) is 3. The third kappa shape index (κ3) is 3.36. The zero-order chi connectivity index (χ0) is 13.8. The van der Waals surface area contributed by atoms with Gasteiger partial charge in [0, 0.05) is 11.1 Å². The van der Waals surface area contributed by atoms with Crippen LogP contribution in [-0.2, 0) is 6.54 Å². The van der Waals surface area contributed by atoms with Crippen LogP contribution in [0.25, 0.3) is 0 Å². The van der Waals surface area contributed by atoms with E-state index in [0.29, 0.717) is 17.3 Å². The maximum absolute atomic E-state index is 10.9. The lowest BCUT2D eigenvalue weighted by atomic mass is 10.1. The molecule has 1 atom stereocenters. The van der Waals surface area contributed by atoms with Crippen LogP contribution in [0.1, 0.15) is 34.6 Å². The van der Waals surface area contributed by atoms with Crippen molar-refractivity contribution >= 4 is 17.6 Å². The van der Waals surface area contributed by atoms with Crippen LogP contribution >= 0.6 is 11.6 Å². The first-order chi connectivity index (χ1) is 9.08. The highest BCUT2D eigenvalue weighted by Gasteiger charge is 2.14. The normalized spacial score (nSPS) is 12.3. The van der Waals surface area contributed by atoms with Crippen LogP contribution < -0.4 is 5.32 Å².